The van der Waals surface area contributed by atoms with E-state index in [1.165, 1.54) is 0 Å². The molecule has 2 unspecified atom stereocenters. The van der Waals surface area contributed by atoms with Crippen molar-refractivity contribution in [1.29, 1.82) is 0 Å². The number of nitrogens with zero attached hydrogens (tertiary/aromatic N) is 2. The Morgan fingerprint density at radius 2 is 2.10 bits per heavy atom. The third-order valence-corrected chi connectivity index (χ3v) is 3.91. The van der Waals surface area contributed by atoms with Gasteiger partial charge >= 0.3 is 0 Å². The predicted octanol–water partition coefficient (Wildman–Crippen LogP) is 2.78. The zero-order valence-electron chi connectivity index (χ0n) is 12.5. The highest BCUT2D eigenvalue weighted by molar-refractivity contribution is 5.29. The third kappa shape index (κ3) is 2.84. The summed E-state index contributed by atoms with van der Waals surface area (Å²) in [6.07, 6.45) is 2.25. The molecule has 112 valence electrons. The average Bonchev–Trinajstić information content (AvgIpc) is 3.21. The second-order valence-corrected chi connectivity index (χ2v) is 5.74. The Labute approximate surface area is 124 Å². The topological polar surface area (TPSA) is 74.2 Å². The molecule has 1 aliphatic rings. The number of hydrogen-bond donors (Lipinski definition) is 1. The van der Waals surface area contributed by atoms with Gasteiger partial charge in [-0.2, -0.15) is 4.98 Å². The van der Waals surface area contributed by atoms with Crippen molar-refractivity contribution in [2.24, 2.45) is 11.7 Å². The van der Waals surface area contributed by atoms with Crippen LogP contribution in [0.2, 0.25) is 0 Å². The SMILES string of the molecule is CCOC(c1noc(C(C)(N)c2ccccc2)n1)C1CC1. The molecule has 1 aromatic heterocycles. The first kappa shape index (κ1) is 14.2. The fourth-order valence-electron chi connectivity index (χ4n) is 2.47. The summed E-state index contributed by atoms with van der Waals surface area (Å²) in [6, 6.07) is 9.78. The van der Waals surface area contributed by atoms with E-state index < -0.39 is 5.54 Å². The fraction of sp³-hybridized carbons (Fsp3) is 0.500. The smallest absolute Gasteiger partial charge is 0.251 e. The molecule has 2 atom stereocenters. The Bertz CT molecular complexity index is 591. The molecule has 2 N–H and O–H groups in total. The number of rotatable bonds is 6. The Morgan fingerprint density at radius 1 is 1.38 bits per heavy atom. The van der Waals surface area contributed by atoms with Gasteiger partial charge in [-0.15, -0.1) is 0 Å². The molecule has 1 fully saturated rings. The number of hydrogen-bond acceptors (Lipinski definition) is 5. The summed E-state index contributed by atoms with van der Waals surface area (Å²) in [5, 5.41) is 4.10. The van der Waals surface area contributed by atoms with Crippen LogP contribution in [0, 0.1) is 5.92 Å². The van der Waals surface area contributed by atoms with Crippen molar-refractivity contribution in [1.82, 2.24) is 10.1 Å². The molecule has 1 aliphatic carbocycles. The van der Waals surface area contributed by atoms with Gasteiger partial charge in [0.25, 0.3) is 5.89 Å². The van der Waals surface area contributed by atoms with Gasteiger partial charge in [-0.25, -0.2) is 0 Å². The monoisotopic (exact) mass is 287 g/mol. The quantitative estimate of drug-likeness (QED) is 0.884. The average molecular weight is 287 g/mol. The number of nitrogens with two attached hydrogens (primary N) is 1. The summed E-state index contributed by atoms with van der Waals surface area (Å²) >= 11 is 0. The van der Waals surface area contributed by atoms with Crippen LogP contribution in [0.25, 0.3) is 0 Å². The molecule has 0 aliphatic heterocycles. The lowest BCUT2D eigenvalue weighted by molar-refractivity contribution is 0.0384. The Morgan fingerprint density at radius 3 is 2.71 bits per heavy atom. The normalized spacial score (nSPS) is 19.2. The van der Waals surface area contributed by atoms with Crippen molar-refractivity contribution in [2.45, 2.75) is 38.3 Å². The molecule has 21 heavy (non-hydrogen) atoms. The van der Waals surface area contributed by atoms with Crippen LogP contribution in [0.15, 0.2) is 34.9 Å². The van der Waals surface area contributed by atoms with E-state index in [0.29, 0.717) is 24.2 Å². The summed E-state index contributed by atoms with van der Waals surface area (Å²) in [7, 11) is 0. The van der Waals surface area contributed by atoms with Crippen molar-refractivity contribution in [3.63, 3.8) is 0 Å². The van der Waals surface area contributed by atoms with Crippen LogP contribution in [0.5, 0.6) is 0 Å². The lowest BCUT2D eigenvalue weighted by atomic mass is 9.93. The van der Waals surface area contributed by atoms with Gasteiger partial charge in [0.15, 0.2) is 0 Å². The molecule has 0 bridgehead atoms. The van der Waals surface area contributed by atoms with Crippen molar-refractivity contribution in [3.05, 3.63) is 47.6 Å². The molecule has 3 rings (SSSR count). The Balaban J connectivity index is 1.87. The minimum absolute atomic E-state index is 0.0703. The largest absolute Gasteiger partial charge is 0.370 e. The molecule has 5 nitrogen and oxygen atoms in total. The second kappa shape index (κ2) is 5.58. The lowest BCUT2D eigenvalue weighted by Crippen LogP contribution is -2.34. The van der Waals surface area contributed by atoms with E-state index in [1.807, 2.05) is 44.2 Å². The zero-order valence-corrected chi connectivity index (χ0v) is 12.5. The molecular weight excluding hydrogens is 266 g/mol. The van der Waals surface area contributed by atoms with Gasteiger partial charge in [-0.3, -0.25) is 0 Å². The summed E-state index contributed by atoms with van der Waals surface area (Å²) in [6.45, 7) is 4.50. The van der Waals surface area contributed by atoms with Crippen molar-refractivity contribution >= 4 is 0 Å². The maximum Gasteiger partial charge on any atom is 0.251 e. The van der Waals surface area contributed by atoms with Crippen molar-refractivity contribution in [3.8, 4) is 0 Å². The van der Waals surface area contributed by atoms with E-state index in [4.69, 9.17) is 15.0 Å². The molecule has 1 heterocycles. The molecule has 1 aromatic carbocycles. The van der Waals surface area contributed by atoms with Crippen LogP contribution in [-0.4, -0.2) is 16.7 Å². The van der Waals surface area contributed by atoms with E-state index >= 15 is 0 Å². The standard InChI is InChI=1S/C16H21N3O2/c1-3-20-13(11-9-10-11)14-18-15(21-19-14)16(2,17)12-7-5-4-6-8-12/h4-8,11,13H,3,9-10,17H2,1-2H3. The van der Waals surface area contributed by atoms with Crippen molar-refractivity contribution < 1.29 is 9.26 Å². The summed E-state index contributed by atoms with van der Waals surface area (Å²) < 4.78 is 11.2. The highest BCUT2D eigenvalue weighted by Gasteiger charge is 2.38. The first-order valence-electron chi connectivity index (χ1n) is 7.43. The molecule has 0 amide bonds. The first-order valence-corrected chi connectivity index (χ1v) is 7.43. The van der Waals surface area contributed by atoms with Crippen LogP contribution >= 0.6 is 0 Å². The van der Waals surface area contributed by atoms with E-state index in [0.717, 1.165) is 18.4 Å². The second-order valence-electron chi connectivity index (χ2n) is 5.74. The minimum Gasteiger partial charge on any atom is -0.370 e. The summed E-state index contributed by atoms with van der Waals surface area (Å²) in [5.74, 6) is 1.55. The predicted molar refractivity (Wildman–Crippen MR) is 78.5 cm³/mol. The molecule has 5 heteroatoms. The number of ether oxygens (including phenoxy) is 1. The third-order valence-electron chi connectivity index (χ3n) is 3.91. The van der Waals surface area contributed by atoms with E-state index in [1.54, 1.807) is 0 Å². The summed E-state index contributed by atoms with van der Waals surface area (Å²) in [4.78, 5) is 4.51. The minimum atomic E-state index is -0.799. The lowest BCUT2D eigenvalue weighted by Gasteiger charge is -2.20. The van der Waals surface area contributed by atoms with Crippen LogP contribution in [0.1, 0.15) is 50.1 Å². The first-order chi connectivity index (χ1) is 10.1. The van der Waals surface area contributed by atoms with Crippen LogP contribution in [0.4, 0.5) is 0 Å². The van der Waals surface area contributed by atoms with Gasteiger partial charge in [0.2, 0.25) is 5.82 Å². The van der Waals surface area contributed by atoms with Crippen LogP contribution in [-0.2, 0) is 10.3 Å². The molecule has 2 aromatic rings. The maximum absolute atomic E-state index is 6.40. The number of benzene rings is 1. The van der Waals surface area contributed by atoms with Gasteiger partial charge in [-0.05, 0) is 38.2 Å². The number of aromatic nitrogens is 2. The maximum atomic E-state index is 6.40. The Hall–Kier alpha value is -1.72. The summed E-state index contributed by atoms with van der Waals surface area (Å²) in [5.41, 5.74) is 6.55. The zero-order chi connectivity index (χ0) is 14.9. The van der Waals surface area contributed by atoms with E-state index in [9.17, 15) is 0 Å². The van der Waals surface area contributed by atoms with Gasteiger partial charge < -0.3 is 15.0 Å². The van der Waals surface area contributed by atoms with Gasteiger partial charge in [0.1, 0.15) is 11.6 Å². The fourth-order valence-corrected chi connectivity index (χ4v) is 2.47. The van der Waals surface area contributed by atoms with Crippen LogP contribution in [0.3, 0.4) is 0 Å². The van der Waals surface area contributed by atoms with Crippen molar-refractivity contribution in [2.75, 3.05) is 6.61 Å². The molecular formula is C16H21N3O2. The van der Waals surface area contributed by atoms with Gasteiger partial charge in [0.05, 0.1) is 0 Å². The molecule has 0 saturated heterocycles. The van der Waals surface area contributed by atoms with Crippen LogP contribution < -0.4 is 5.73 Å². The molecule has 1 saturated carbocycles. The van der Waals surface area contributed by atoms with E-state index in [2.05, 4.69) is 10.1 Å². The van der Waals surface area contributed by atoms with Gasteiger partial charge in [-0.1, -0.05) is 35.5 Å². The van der Waals surface area contributed by atoms with Gasteiger partial charge in [0, 0.05) is 6.61 Å². The Kier molecular flexibility index (Phi) is 3.78. The van der Waals surface area contributed by atoms with E-state index in [-0.39, 0.29) is 6.10 Å². The highest BCUT2D eigenvalue weighted by Crippen LogP contribution is 2.42. The highest BCUT2D eigenvalue weighted by atomic mass is 16.5. The molecule has 0 radical (unpaired) electrons. The molecule has 0 spiro atoms.